The molecule has 194 valence electrons. The lowest BCUT2D eigenvalue weighted by molar-refractivity contribution is -0.814. The van der Waals surface area contributed by atoms with Crippen LogP contribution in [0.1, 0.15) is 83.1 Å². The number of ether oxygens (including phenoxy) is 1. The number of rotatable bonds is 12. The molecular formula is C26H41F3N2O3. The summed E-state index contributed by atoms with van der Waals surface area (Å²) in [5, 5.41) is 13.0. The molecule has 2 rings (SSSR count). The Morgan fingerprint density at radius 1 is 1.03 bits per heavy atom. The summed E-state index contributed by atoms with van der Waals surface area (Å²) in [6.07, 6.45) is 6.31. The first kappa shape index (κ1) is 28.6. The number of hydrogen-bond donors (Lipinski definition) is 0. The molecular weight excluding hydrogens is 445 g/mol. The van der Waals surface area contributed by atoms with Crippen LogP contribution in [0.5, 0.6) is 5.75 Å². The van der Waals surface area contributed by atoms with Gasteiger partial charge in [-0.3, -0.25) is 4.65 Å². The standard InChI is InChI=1S/C26H41F3N2O3/c1-4-5-8-19-30(2)20-9-6-7-10-21-11-15-23(16-12-21)31(3,33)25(32)34-24-17-13-22(14-18-24)26(27,28)29/h13-14,17-18,21,23H,4-12,15-16,19-20H2,1-3H3/t21-,23-,31?. The number of quaternary nitrogens is 1. The summed E-state index contributed by atoms with van der Waals surface area (Å²) in [7, 11) is 3.48. The van der Waals surface area contributed by atoms with Crippen LogP contribution in [0.3, 0.4) is 0 Å². The highest BCUT2D eigenvalue weighted by atomic mass is 19.4. The van der Waals surface area contributed by atoms with Crippen molar-refractivity contribution in [2.24, 2.45) is 5.92 Å². The lowest BCUT2D eigenvalue weighted by atomic mass is 9.82. The lowest BCUT2D eigenvalue weighted by Crippen LogP contribution is -2.54. The SMILES string of the molecule is CCCCCN(C)CCCCC[C@H]1CC[C@H]([N+](C)([O-])C(=O)Oc2ccc(C(F)(F)F)cc2)CC1. The largest absolute Gasteiger partial charge is 0.622 e. The van der Waals surface area contributed by atoms with Gasteiger partial charge in [0.05, 0.1) is 18.7 Å². The number of hydrogen-bond acceptors (Lipinski definition) is 4. The van der Waals surface area contributed by atoms with E-state index in [-0.39, 0.29) is 11.8 Å². The Labute approximate surface area is 202 Å². The van der Waals surface area contributed by atoms with Gasteiger partial charge in [0.2, 0.25) is 0 Å². The number of hydroxylamine groups is 3. The quantitative estimate of drug-likeness (QED) is 0.176. The van der Waals surface area contributed by atoms with Crippen LogP contribution in [0.2, 0.25) is 0 Å². The molecule has 0 radical (unpaired) electrons. The summed E-state index contributed by atoms with van der Waals surface area (Å²) >= 11 is 0. The maximum atomic E-state index is 13.0. The number of unbranched alkanes of at least 4 members (excludes halogenated alkanes) is 4. The number of nitrogens with zero attached hydrogens (tertiary/aromatic N) is 2. The van der Waals surface area contributed by atoms with Crippen molar-refractivity contribution in [1.29, 1.82) is 0 Å². The van der Waals surface area contributed by atoms with Crippen molar-refractivity contribution >= 4 is 6.09 Å². The highest BCUT2D eigenvalue weighted by molar-refractivity contribution is 5.64. The van der Waals surface area contributed by atoms with Crippen LogP contribution in [0.25, 0.3) is 0 Å². The number of alkyl halides is 3. The van der Waals surface area contributed by atoms with Crippen LogP contribution in [-0.2, 0) is 6.18 Å². The number of amides is 1. The number of halogens is 3. The molecule has 0 bridgehead atoms. The van der Waals surface area contributed by atoms with E-state index in [2.05, 4.69) is 18.9 Å². The van der Waals surface area contributed by atoms with Crippen LogP contribution in [-0.4, -0.2) is 48.9 Å². The van der Waals surface area contributed by atoms with Gasteiger partial charge in [0.15, 0.2) is 0 Å². The molecule has 0 aromatic heterocycles. The molecule has 1 atom stereocenters. The average molecular weight is 487 g/mol. The first-order valence-corrected chi connectivity index (χ1v) is 12.7. The van der Waals surface area contributed by atoms with E-state index in [1.54, 1.807) is 0 Å². The predicted molar refractivity (Wildman–Crippen MR) is 128 cm³/mol. The summed E-state index contributed by atoms with van der Waals surface area (Å²) in [6, 6.07) is 3.44. The fourth-order valence-corrected chi connectivity index (χ4v) is 4.71. The topological polar surface area (TPSA) is 52.6 Å². The van der Waals surface area contributed by atoms with E-state index in [0.29, 0.717) is 18.8 Å². The second-order valence-corrected chi connectivity index (χ2v) is 9.91. The molecule has 8 heteroatoms. The molecule has 0 spiro atoms. The molecule has 0 aliphatic heterocycles. The van der Waals surface area contributed by atoms with Crippen molar-refractivity contribution in [2.75, 3.05) is 27.2 Å². The number of benzene rings is 1. The highest BCUT2D eigenvalue weighted by Gasteiger charge is 2.37. The summed E-state index contributed by atoms with van der Waals surface area (Å²) in [5.74, 6) is 0.535. The van der Waals surface area contributed by atoms with Gasteiger partial charge in [0, 0.05) is 12.8 Å². The van der Waals surface area contributed by atoms with Gasteiger partial charge < -0.3 is 14.8 Å². The molecule has 1 amide bonds. The van der Waals surface area contributed by atoms with Gasteiger partial charge in [0.1, 0.15) is 5.75 Å². The van der Waals surface area contributed by atoms with E-state index < -0.39 is 22.5 Å². The van der Waals surface area contributed by atoms with E-state index >= 15 is 0 Å². The zero-order valence-corrected chi connectivity index (χ0v) is 20.9. The van der Waals surface area contributed by atoms with E-state index in [1.165, 1.54) is 52.1 Å². The van der Waals surface area contributed by atoms with Gasteiger partial charge in [-0.1, -0.05) is 39.0 Å². The van der Waals surface area contributed by atoms with E-state index in [0.717, 1.165) is 50.1 Å². The first-order chi connectivity index (χ1) is 16.0. The fraction of sp³-hybridized carbons (Fsp3) is 0.731. The Morgan fingerprint density at radius 2 is 1.62 bits per heavy atom. The summed E-state index contributed by atoms with van der Waals surface area (Å²) in [6.45, 7) is 4.54. The maximum absolute atomic E-state index is 13.0. The molecule has 1 aliphatic rings. The zero-order chi connectivity index (χ0) is 25.2. The van der Waals surface area contributed by atoms with Gasteiger partial charge in [-0.2, -0.15) is 18.0 Å². The Balaban J connectivity index is 1.68. The maximum Gasteiger partial charge on any atom is 0.521 e. The van der Waals surface area contributed by atoms with Crippen LogP contribution in [0.15, 0.2) is 24.3 Å². The predicted octanol–water partition coefficient (Wildman–Crippen LogP) is 7.39. The van der Waals surface area contributed by atoms with Crippen molar-refractivity contribution in [3.8, 4) is 5.75 Å². The van der Waals surface area contributed by atoms with Crippen LogP contribution in [0, 0.1) is 11.1 Å². The molecule has 5 nitrogen and oxygen atoms in total. The van der Waals surface area contributed by atoms with E-state index in [9.17, 15) is 23.2 Å². The Morgan fingerprint density at radius 3 is 2.18 bits per heavy atom. The van der Waals surface area contributed by atoms with Crippen LogP contribution in [0.4, 0.5) is 18.0 Å². The van der Waals surface area contributed by atoms with Crippen molar-refractivity contribution < 1.29 is 27.3 Å². The zero-order valence-electron chi connectivity index (χ0n) is 20.9. The van der Waals surface area contributed by atoms with Gasteiger partial charge in [-0.15, -0.1) is 0 Å². The monoisotopic (exact) mass is 486 g/mol. The second-order valence-electron chi connectivity index (χ2n) is 9.91. The number of carbonyl (C=O) groups is 1. The van der Waals surface area contributed by atoms with E-state index in [4.69, 9.17) is 4.74 Å². The van der Waals surface area contributed by atoms with E-state index in [1.807, 2.05) is 0 Å². The average Bonchev–Trinajstić information content (AvgIpc) is 2.79. The summed E-state index contributed by atoms with van der Waals surface area (Å²) in [4.78, 5) is 14.9. The normalized spacial score (nSPS) is 20.8. The number of carbonyl (C=O) groups excluding carboxylic acids is 1. The summed E-state index contributed by atoms with van der Waals surface area (Å²) in [5.41, 5.74) is -0.830. The van der Waals surface area contributed by atoms with Gasteiger partial charge >= 0.3 is 12.3 Å². The minimum Gasteiger partial charge on any atom is -0.622 e. The van der Waals surface area contributed by atoms with Crippen molar-refractivity contribution in [1.82, 2.24) is 4.90 Å². The molecule has 0 heterocycles. The van der Waals surface area contributed by atoms with Crippen molar-refractivity contribution in [2.45, 2.75) is 89.8 Å². The molecule has 1 saturated carbocycles. The van der Waals surface area contributed by atoms with Crippen LogP contribution < -0.4 is 4.74 Å². The van der Waals surface area contributed by atoms with Gasteiger partial charge in [-0.05, 0) is 76.0 Å². The van der Waals surface area contributed by atoms with Gasteiger partial charge in [-0.25, -0.2) is 0 Å². The Hall–Kier alpha value is -1.64. The van der Waals surface area contributed by atoms with Crippen LogP contribution >= 0.6 is 0 Å². The second kappa shape index (κ2) is 13.4. The molecule has 0 N–H and O–H groups in total. The molecule has 34 heavy (non-hydrogen) atoms. The smallest absolute Gasteiger partial charge is 0.521 e. The molecule has 0 saturated heterocycles. The Bertz CT molecular complexity index is 730. The fourth-order valence-electron chi connectivity index (χ4n) is 4.71. The third kappa shape index (κ3) is 9.19. The molecule has 1 fully saturated rings. The first-order valence-electron chi connectivity index (χ1n) is 12.7. The third-order valence-corrected chi connectivity index (χ3v) is 7.06. The molecule has 1 unspecified atom stereocenters. The van der Waals surface area contributed by atoms with Gasteiger partial charge in [0.25, 0.3) is 0 Å². The molecule has 1 aliphatic carbocycles. The molecule has 1 aromatic rings. The van der Waals surface area contributed by atoms with Crippen molar-refractivity contribution in [3.05, 3.63) is 35.0 Å². The minimum absolute atomic E-state index is 0.0529. The third-order valence-electron chi connectivity index (χ3n) is 7.06. The summed E-state index contributed by atoms with van der Waals surface area (Å²) < 4.78 is 42.0. The Kier molecular flexibility index (Phi) is 11.3. The molecule has 1 aromatic carbocycles. The highest BCUT2D eigenvalue weighted by Crippen LogP contribution is 2.34. The lowest BCUT2D eigenvalue weighted by Gasteiger charge is -2.43. The minimum atomic E-state index is -4.46. The van der Waals surface area contributed by atoms with Crippen molar-refractivity contribution in [3.63, 3.8) is 0 Å².